The monoisotopic (exact) mass is 443 g/mol. The summed E-state index contributed by atoms with van der Waals surface area (Å²) in [5, 5.41) is 0. The zero-order valence-electron chi connectivity index (χ0n) is 18.3. The highest BCUT2D eigenvalue weighted by Gasteiger charge is 2.58. The van der Waals surface area contributed by atoms with Crippen LogP contribution in [0, 0.1) is 6.92 Å². The van der Waals surface area contributed by atoms with Gasteiger partial charge in [-0.05, 0) is 56.0 Å². The Hall–Kier alpha value is -2.87. The van der Waals surface area contributed by atoms with Crippen LogP contribution in [0.3, 0.4) is 0 Å². The van der Waals surface area contributed by atoms with E-state index >= 15 is 0 Å². The first-order valence-corrected chi connectivity index (χ1v) is 10.8. The van der Waals surface area contributed by atoms with Crippen LogP contribution in [0.25, 0.3) is 0 Å². The van der Waals surface area contributed by atoms with Crippen LogP contribution in [-0.4, -0.2) is 57.6 Å². The van der Waals surface area contributed by atoms with E-state index in [4.69, 9.17) is 4.74 Å². The van der Waals surface area contributed by atoms with Crippen LogP contribution in [0.15, 0.2) is 54.3 Å². The smallest absolute Gasteiger partial charge is 0.272 e. The van der Waals surface area contributed by atoms with Gasteiger partial charge in [0.05, 0.1) is 11.9 Å². The van der Waals surface area contributed by atoms with E-state index in [9.17, 15) is 18.4 Å². The van der Waals surface area contributed by atoms with E-state index in [-0.39, 0.29) is 24.1 Å². The van der Waals surface area contributed by atoms with Crippen molar-refractivity contribution in [1.29, 1.82) is 0 Å². The number of piperidine rings is 1. The quantitative estimate of drug-likeness (QED) is 0.660. The zero-order valence-corrected chi connectivity index (χ0v) is 18.3. The summed E-state index contributed by atoms with van der Waals surface area (Å²) in [6, 6.07) is 3.20. The lowest BCUT2D eigenvalue weighted by Crippen LogP contribution is -2.52. The molecule has 2 amide bonds. The molecule has 2 atom stereocenters. The molecular formula is C24H27F2N3O3. The van der Waals surface area contributed by atoms with Gasteiger partial charge in [-0.3, -0.25) is 14.6 Å². The van der Waals surface area contributed by atoms with E-state index in [0.29, 0.717) is 50.0 Å². The summed E-state index contributed by atoms with van der Waals surface area (Å²) in [7, 11) is 0. The number of carbonyl (C=O) groups is 2. The largest absolute Gasteiger partial charge is 0.342 e. The van der Waals surface area contributed by atoms with Gasteiger partial charge in [-0.1, -0.05) is 6.58 Å². The number of hydrogen-bond donors (Lipinski definition) is 0. The normalized spacial score (nSPS) is 25.4. The van der Waals surface area contributed by atoms with Gasteiger partial charge in [-0.15, -0.1) is 0 Å². The van der Waals surface area contributed by atoms with Gasteiger partial charge in [-0.2, -0.15) is 0 Å². The van der Waals surface area contributed by atoms with Gasteiger partial charge in [0.15, 0.2) is 5.60 Å². The fraction of sp³-hybridized carbons (Fsp3) is 0.458. The number of allylic oxidation sites excluding steroid dienone is 3. The number of likely N-dealkylation sites (tertiary alicyclic amines) is 1. The van der Waals surface area contributed by atoms with Crippen molar-refractivity contribution in [1.82, 2.24) is 14.8 Å². The minimum Gasteiger partial charge on any atom is -0.342 e. The fourth-order valence-electron chi connectivity index (χ4n) is 4.80. The lowest BCUT2D eigenvalue weighted by atomic mass is 9.89. The molecule has 4 heterocycles. The summed E-state index contributed by atoms with van der Waals surface area (Å²) in [6.45, 7) is 7.76. The van der Waals surface area contributed by atoms with Gasteiger partial charge in [0.2, 0.25) is 0 Å². The van der Waals surface area contributed by atoms with Crippen LogP contribution in [0.2, 0.25) is 0 Å². The third-order valence-corrected chi connectivity index (χ3v) is 6.40. The number of nitrogens with zero attached hydrogens (tertiary/aromatic N) is 3. The number of pyridine rings is 1. The number of halogens is 2. The van der Waals surface area contributed by atoms with E-state index in [0.717, 1.165) is 18.6 Å². The molecule has 32 heavy (non-hydrogen) atoms. The Labute approximate surface area is 186 Å². The van der Waals surface area contributed by atoms with Gasteiger partial charge in [-0.25, -0.2) is 8.78 Å². The molecule has 0 radical (unpaired) electrons. The summed E-state index contributed by atoms with van der Waals surface area (Å²) in [6.07, 6.45) is 5.20. The molecular weight excluding hydrogens is 416 g/mol. The molecule has 3 aliphatic heterocycles. The van der Waals surface area contributed by atoms with E-state index in [1.165, 1.54) is 6.08 Å². The van der Waals surface area contributed by atoms with Crippen molar-refractivity contribution in [3.8, 4) is 0 Å². The third-order valence-electron chi connectivity index (χ3n) is 6.40. The minimum absolute atomic E-state index is 0.141. The second kappa shape index (κ2) is 8.58. The molecule has 1 aromatic rings. The van der Waals surface area contributed by atoms with Crippen molar-refractivity contribution in [2.24, 2.45) is 0 Å². The number of aryl methyl sites for hydroxylation is 1. The maximum atomic E-state index is 13.9. The van der Waals surface area contributed by atoms with Crippen LogP contribution >= 0.6 is 0 Å². The first-order chi connectivity index (χ1) is 15.2. The van der Waals surface area contributed by atoms with Crippen LogP contribution < -0.4 is 0 Å². The number of aromatic nitrogens is 1. The Balaban J connectivity index is 1.44. The molecule has 0 aliphatic carbocycles. The molecule has 0 unspecified atom stereocenters. The Kier molecular flexibility index (Phi) is 5.99. The Morgan fingerprint density at radius 2 is 2.00 bits per heavy atom. The molecule has 4 rings (SSSR count). The molecule has 3 aliphatic rings. The summed E-state index contributed by atoms with van der Waals surface area (Å²) < 4.78 is 33.1. The fourth-order valence-corrected chi connectivity index (χ4v) is 4.80. The molecule has 0 aromatic carbocycles. The highest BCUT2D eigenvalue weighted by Crippen LogP contribution is 2.44. The second-order valence-corrected chi connectivity index (χ2v) is 8.72. The Morgan fingerprint density at radius 1 is 1.28 bits per heavy atom. The van der Waals surface area contributed by atoms with Crippen LogP contribution in [0.5, 0.6) is 0 Å². The van der Waals surface area contributed by atoms with Crippen LogP contribution in [-0.2, 0) is 9.53 Å². The van der Waals surface area contributed by atoms with E-state index in [1.54, 1.807) is 22.1 Å². The number of carbonyl (C=O) groups excluding carboxylic acids is 2. The first-order valence-electron chi connectivity index (χ1n) is 10.8. The summed E-state index contributed by atoms with van der Waals surface area (Å²) in [5.74, 6) is -1.68. The van der Waals surface area contributed by atoms with E-state index in [1.807, 2.05) is 13.0 Å². The van der Waals surface area contributed by atoms with E-state index < -0.39 is 17.3 Å². The minimum atomic E-state index is -0.974. The average Bonchev–Trinajstić information content (AvgIpc) is 3.26. The standard InChI is InChI=1S/C24H27F2N3O3/c1-15-6-9-27-19(12-15)22(30)28-10-7-24(8-11-28)23(31)29-20(4-5-21(29)32-24)16(2)13-18(26)14-17(3)25/h6,9,12-14,20-21H,2,4-5,7-8,10-11H2,1,3H3/b17-14+,18-13+/t20-,21+/m0/s1. The van der Waals surface area contributed by atoms with Gasteiger partial charge >= 0.3 is 0 Å². The number of ether oxygens (including phenoxy) is 1. The van der Waals surface area contributed by atoms with Crippen molar-refractivity contribution in [2.45, 2.75) is 57.4 Å². The predicted molar refractivity (Wildman–Crippen MR) is 115 cm³/mol. The first kappa shape index (κ1) is 22.3. The number of rotatable bonds is 4. The van der Waals surface area contributed by atoms with Crippen molar-refractivity contribution < 1.29 is 23.1 Å². The van der Waals surface area contributed by atoms with Crippen molar-refractivity contribution in [3.05, 3.63) is 65.5 Å². The Morgan fingerprint density at radius 3 is 2.66 bits per heavy atom. The number of fused-ring (bicyclic) bond motifs is 1. The van der Waals surface area contributed by atoms with Crippen molar-refractivity contribution in [3.63, 3.8) is 0 Å². The van der Waals surface area contributed by atoms with Crippen LogP contribution in [0.4, 0.5) is 8.78 Å². The van der Waals surface area contributed by atoms with E-state index in [2.05, 4.69) is 11.6 Å². The maximum absolute atomic E-state index is 13.9. The molecule has 0 bridgehead atoms. The zero-order chi connectivity index (χ0) is 23.0. The highest BCUT2D eigenvalue weighted by atomic mass is 19.1. The number of amides is 2. The van der Waals surface area contributed by atoms with Gasteiger partial charge < -0.3 is 14.5 Å². The summed E-state index contributed by atoms with van der Waals surface area (Å²) >= 11 is 0. The lowest BCUT2D eigenvalue weighted by molar-refractivity contribution is -0.142. The SMILES string of the molecule is C=C(/C=C(F)\C=C(/C)F)[C@@H]1CC[C@H]2OC3(CCN(C(=O)c4cc(C)ccn4)CC3)C(=O)N21. The van der Waals surface area contributed by atoms with Crippen molar-refractivity contribution in [2.75, 3.05) is 13.1 Å². The topological polar surface area (TPSA) is 62.7 Å². The molecule has 3 fully saturated rings. The predicted octanol–water partition coefficient (Wildman–Crippen LogP) is 4.00. The molecule has 6 nitrogen and oxygen atoms in total. The third kappa shape index (κ3) is 4.11. The highest BCUT2D eigenvalue weighted by molar-refractivity contribution is 5.93. The molecule has 8 heteroatoms. The average molecular weight is 443 g/mol. The summed E-state index contributed by atoms with van der Waals surface area (Å²) in [5.41, 5.74) is 0.788. The molecule has 1 aromatic heterocycles. The molecule has 0 N–H and O–H groups in total. The summed E-state index contributed by atoms with van der Waals surface area (Å²) in [4.78, 5) is 33.7. The molecule has 1 spiro atoms. The van der Waals surface area contributed by atoms with Gasteiger partial charge in [0, 0.05) is 38.2 Å². The lowest BCUT2D eigenvalue weighted by Gasteiger charge is -2.37. The number of hydrogen-bond acceptors (Lipinski definition) is 4. The maximum Gasteiger partial charge on any atom is 0.272 e. The van der Waals surface area contributed by atoms with Crippen LogP contribution in [0.1, 0.15) is 48.7 Å². The van der Waals surface area contributed by atoms with Gasteiger partial charge in [0.1, 0.15) is 17.7 Å². The van der Waals surface area contributed by atoms with Gasteiger partial charge in [0.25, 0.3) is 11.8 Å². The molecule has 3 saturated heterocycles. The Bertz CT molecular complexity index is 1010. The van der Waals surface area contributed by atoms with Crippen molar-refractivity contribution >= 4 is 11.8 Å². The second-order valence-electron chi connectivity index (χ2n) is 8.72. The molecule has 170 valence electrons. The molecule has 0 saturated carbocycles.